The maximum absolute atomic E-state index is 6.45. The smallest absolute Gasteiger partial charge is 0.135 e. The van der Waals surface area contributed by atoms with Crippen LogP contribution in [0.5, 0.6) is 0 Å². The highest BCUT2D eigenvalue weighted by molar-refractivity contribution is 6.12. The molecule has 0 amide bonds. The Morgan fingerprint density at radius 1 is 0.559 bits per heavy atom. The first kappa shape index (κ1) is 37.0. The molecule has 3 aromatic heterocycles. The Morgan fingerprint density at radius 3 is 1.71 bits per heavy atom. The summed E-state index contributed by atoms with van der Waals surface area (Å²) in [5.41, 5.74) is 14.1. The first-order chi connectivity index (χ1) is 28.7. The number of hydrogen-bond acceptors (Lipinski definition) is 1. The number of allylic oxidation sites excluding steroid dienone is 1. The predicted octanol–water partition coefficient (Wildman–Crippen LogP) is 16.3. The highest BCUT2D eigenvalue weighted by atomic mass is 16.3. The quantitative estimate of drug-likeness (QED) is 0.120. The lowest BCUT2D eigenvalue weighted by molar-refractivity contribution is 0.238. The molecule has 0 bridgehead atoms. The number of nitrogens with zero attached hydrogens (tertiary/aromatic N) is 2. The molecule has 0 aliphatic heterocycles. The summed E-state index contributed by atoms with van der Waals surface area (Å²) in [5.74, 6) is 1.02. The zero-order valence-corrected chi connectivity index (χ0v) is 34.9. The molecular formula is C56H52N2O. The van der Waals surface area contributed by atoms with Crippen molar-refractivity contribution in [1.82, 2.24) is 9.13 Å². The van der Waals surface area contributed by atoms with E-state index in [2.05, 4.69) is 202 Å². The van der Waals surface area contributed by atoms with Crippen molar-refractivity contribution in [1.29, 1.82) is 0 Å². The molecular weight excluding hydrogens is 717 g/mol. The van der Waals surface area contributed by atoms with Crippen LogP contribution in [-0.4, -0.2) is 9.13 Å². The van der Waals surface area contributed by atoms with Gasteiger partial charge in [-0.25, -0.2) is 0 Å². The van der Waals surface area contributed by atoms with Crippen LogP contribution in [0.15, 0.2) is 168 Å². The van der Waals surface area contributed by atoms with E-state index < -0.39 is 0 Å². The molecule has 3 heterocycles. The predicted molar refractivity (Wildman–Crippen MR) is 252 cm³/mol. The number of rotatable bonds is 11. The summed E-state index contributed by atoms with van der Waals surface area (Å²) in [5, 5.41) is 7.25. The van der Waals surface area contributed by atoms with E-state index in [4.69, 9.17) is 4.42 Å². The molecule has 2 atom stereocenters. The Bertz CT molecular complexity index is 3170. The molecule has 10 rings (SSSR count). The van der Waals surface area contributed by atoms with Crippen LogP contribution in [0.4, 0.5) is 0 Å². The first-order valence-corrected chi connectivity index (χ1v) is 21.4. The van der Waals surface area contributed by atoms with E-state index >= 15 is 0 Å². The molecule has 10 aromatic rings. The molecule has 59 heavy (non-hydrogen) atoms. The van der Waals surface area contributed by atoms with Gasteiger partial charge >= 0.3 is 0 Å². The van der Waals surface area contributed by atoms with Gasteiger partial charge in [-0.2, -0.15) is 0 Å². The average molecular weight is 769 g/mol. The average Bonchev–Trinajstić information content (AvgIpc) is 3.89. The molecule has 292 valence electrons. The van der Waals surface area contributed by atoms with Crippen LogP contribution in [0.1, 0.15) is 71.8 Å². The molecule has 0 saturated carbocycles. The van der Waals surface area contributed by atoms with Gasteiger partial charge < -0.3 is 13.6 Å². The first-order valence-electron chi connectivity index (χ1n) is 21.4. The normalized spacial score (nSPS) is 13.4. The van der Waals surface area contributed by atoms with Gasteiger partial charge in [-0.3, -0.25) is 0 Å². The highest BCUT2D eigenvalue weighted by Crippen LogP contribution is 2.43. The van der Waals surface area contributed by atoms with Gasteiger partial charge in [0.05, 0.1) is 22.1 Å². The number of benzene rings is 7. The zero-order chi connectivity index (χ0) is 40.4. The van der Waals surface area contributed by atoms with Gasteiger partial charge in [0, 0.05) is 49.6 Å². The molecule has 0 aliphatic rings. The molecule has 2 unspecified atom stereocenters. The van der Waals surface area contributed by atoms with Gasteiger partial charge in [0.15, 0.2) is 0 Å². The maximum Gasteiger partial charge on any atom is 0.135 e. The lowest BCUT2D eigenvalue weighted by Gasteiger charge is -2.33. The van der Waals surface area contributed by atoms with Gasteiger partial charge in [-0.1, -0.05) is 132 Å². The summed E-state index contributed by atoms with van der Waals surface area (Å²) in [6, 6.07) is 55.6. The van der Waals surface area contributed by atoms with Crippen LogP contribution >= 0.6 is 0 Å². The minimum Gasteiger partial charge on any atom is -0.456 e. The highest BCUT2D eigenvalue weighted by Gasteiger charge is 2.27. The van der Waals surface area contributed by atoms with Crippen molar-refractivity contribution in [3.8, 4) is 22.5 Å². The van der Waals surface area contributed by atoms with Crippen LogP contribution in [0.2, 0.25) is 0 Å². The maximum atomic E-state index is 6.45. The topological polar surface area (TPSA) is 23.0 Å². The summed E-state index contributed by atoms with van der Waals surface area (Å²) in [4.78, 5) is 0. The summed E-state index contributed by atoms with van der Waals surface area (Å²) in [7, 11) is 0. The Morgan fingerprint density at radius 2 is 1.08 bits per heavy atom. The van der Waals surface area contributed by atoms with Crippen molar-refractivity contribution >= 4 is 65.6 Å². The molecule has 0 spiro atoms. The molecule has 0 N–H and O–H groups in total. The van der Waals surface area contributed by atoms with Gasteiger partial charge in [-0.15, -0.1) is 0 Å². The minimum absolute atomic E-state index is 0.220. The summed E-state index contributed by atoms with van der Waals surface area (Å²) in [6.07, 6.45) is 4.85. The van der Waals surface area contributed by atoms with E-state index in [-0.39, 0.29) is 5.41 Å². The molecule has 0 saturated heterocycles. The lowest BCUT2D eigenvalue weighted by atomic mass is 9.72. The van der Waals surface area contributed by atoms with Gasteiger partial charge in [-0.05, 0) is 121 Å². The van der Waals surface area contributed by atoms with Crippen LogP contribution in [0.25, 0.3) is 88.1 Å². The third-order valence-corrected chi connectivity index (χ3v) is 12.9. The summed E-state index contributed by atoms with van der Waals surface area (Å²) >= 11 is 0. The number of para-hydroxylation sites is 3. The largest absolute Gasteiger partial charge is 0.456 e. The molecule has 3 heteroatoms. The Balaban J connectivity index is 1.05. The van der Waals surface area contributed by atoms with E-state index in [9.17, 15) is 0 Å². The fraction of sp³-hybridized carbons (Fsp3) is 0.214. The monoisotopic (exact) mass is 768 g/mol. The lowest BCUT2D eigenvalue weighted by Crippen LogP contribution is -2.20. The second kappa shape index (κ2) is 14.5. The minimum atomic E-state index is 0.220. The number of furan rings is 1. The van der Waals surface area contributed by atoms with Crippen LogP contribution in [-0.2, 0) is 0 Å². The van der Waals surface area contributed by atoms with Crippen molar-refractivity contribution in [2.75, 3.05) is 0 Å². The molecule has 0 fully saturated rings. The van der Waals surface area contributed by atoms with E-state index in [1.807, 2.05) is 0 Å². The van der Waals surface area contributed by atoms with E-state index in [1.165, 1.54) is 90.8 Å². The summed E-state index contributed by atoms with van der Waals surface area (Å²) < 4.78 is 11.3. The number of aromatic nitrogens is 2. The van der Waals surface area contributed by atoms with Crippen molar-refractivity contribution in [3.63, 3.8) is 0 Å². The second-order valence-corrected chi connectivity index (χ2v) is 17.9. The molecule has 3 nitrogen and oxygen atoms in total. The molecule has 0 radical (unpaired) electrons. The van der Waals surface area contributed by atoms with Crippen LogP contribution < -0.4 is 0 Å². The van der Waals surface area contributed by atoms with Gasteiger partial charge in [0.1, 0.15) is 11.2 Å². The van der Waals surface area contributed by atoms with E-state index in [0.717, 1.165) is 40.0 Å². The third kappa shape index (κ3) is 6.44. The van der Waals surface area contributed by atoms with Crippen LogP contribution in [0, 0.1) is 11.3 Å². The molecule has 7 aromatic carbocycles. The number of hydrogen-bond donors (Lipinski definition) is 0. The SMILES string of the molecule is C=C(C)C(CC(C)(C)CC(C)CCC)c1cccc(-n2c3ccccc3c3cc(-c4ccc5oc6ccc(-n7c8ccccc8c8ccccc87)cc6c5c4)ccc32)c1. The second-order valence-electron chi connectivity index (χ2n) is 17.9. The zero-order valence-electron chi connectivity index (χ0n) is 34.9. The summed E-state index contributed by atoms with van der Waals surface area (Å²) in [6.45, 7) is 16.3. The van der Waals surface area contributed by atoms with E-state index in [1.54, 1.807) is 0 Å². The van der Waals surface area contributed by atoms with Crippen molar-refractivity contribution < 1.29 is 4.42 Å². The standard InChI is InChI=1S/C56H52N2O/c1-7-15-37(4)34-56(5,6)35-49(36(2)3)40-16-14-17-41(30-40)57-52-23-13-10-20-45(52)46-31-38(24-27-53(46)57)39-25-28-54-47(32-39)48-33-42(26-29-55(48)59-54)58-50-21-11-8-18-43(50)44-19-9-12-22-51(44)58/h8-14,16-33,37,49H,2,7,15,34-35H2,1,3-6H3. The van der Waals surface area contributed by atoms with Crippen molar-refractivity contribution in [2.45, 2.75) is 66.2 Å². The Labute approximate surface area is 347 Å². The Hall–Kier alpha value is -6.32. The fourth-order valence-electron chi connectivity index (χ4n) is 10.3. The fourth-order valence-corrected chi connectivity index (χ4v) is 10.3. The van der Waals surface area contributed by atoms with Gasteiger partial charge in [0.2, 0.25) is 0 Å². The third-order valence-electron chi connectivity index (χ3n) is 12.9. The van der Waals surface area contributed by atoms with Crippen LogP contribution in [0.3, 0.4) is 0 Å². The van der Waals surface area contributed by atoms with E-state index in [0.29, 0.717) is 5.92 Å². The van der Waals surface area contributed by atoms with Crippen molar-refractivity contribution in [3.05, 3.63) is 169 Å². The number of fused-ring (bicyclic) bond motifs is 9. The molecule has 0 aliphatic carbocycles. The Kier molecular flexibility index (Phi) is 9.09. The van der Waals surface area contributed by atoms with Gasteiger partial charge in [0.25, 0.3) is 0 Å². The van der Waals surface area contributed by atoms with Crippen molar-refractivity contribution in [2.24, 2.45) is 11.3 Å².